The molecule has 0 radical (unpaired) electrons. The van der Waals surface area contributed by atoms with Crippen molar-refractivity contribution in [2.24, 2.45) is 4.99 Å². The summed E-state index contributed by atoms with van der Waals surface area (Å²) in [4.78, 5) is 57.9. The van der Waals surface area contributed by atoms with Crippen molar-refractivity contribution in [3.8, 4) is 11.3 Å². The fourth-order valence-electron chi connectivity index (χ4n) is 4.86. The molecule has 0 aliphatic carbocycles. The zero-order valence-corrected chi connectivity index (χ0v) is 30.8. The molecule has 14 nitrogen and oxygen atoms in total. The number of benzene rings is 3. The van der Waals surface area contributed by atoms with Crippen LogP contribution in [0.3, 0.4) is 0 Å². The summed E-state index contributed by atoms with van der Waals surface area (Å²) in [5.74, 6) is -3.71. The average molecular weight is 750 g/mol. The van der Waals surface area contributed by atoms with E-state index in [1.54, 1.807) is 36.6 Å². The monoisotopic (exact) mass is 749 g/mol. The van der Waals surface area contributed by atoms with Gasteiger partial charge in [-0.15, -0.1) is 11.3 Å². The molecule has 0 saturated heterocycles. The number of hydrogen-bond acceptors (Lipinski definition) is 13. The Kier molecular flexibility index (Phi) is 13.5. The average Bonchev–Trinajstić information content (AvgIpc) is 3.80. The normalized spacial score (nSPS) is 13.9. The van der Waals surface area contributed by atoms with Gasteiger partial charge in [-0.3, -0.25) is 9.56 Å². The summed E-state index contributed by atoms with van der Waals surface area (Å²) in [6.07, 6.45) is 1.19. The van der Waals surface area contributed by atoms with E-state index in [0.29, 0.717) is 28.0 Å². The van der Waals surface area contributed by atoms with Gasteiger partial charge in [0.2, 0.25) is 6.79 Å². The van der Waals surface area contributed by atoms with Crippen molar-refractivity contribution in [1.29, 1.82) is 0 Å². The Morgan fingerprint density at radius 2 is 1.84 bits per heavy atom. The molecule has 2 aromatic heterocycles. The van der Waals surface area contributed by atoms with Crippen LogP contribution in [-0.4, -0.2) is 50.3 Å². The summed E-state index contributed by atoms with van der Waals surface area (Å²) in [5, 5.41) is 6.29. The molecule has 3 atom stereocenters. The minimum absolute atomic E-state index is 0. The zero-order valence-electron chi connectivity index (χ0n) is 27.0. The first-order chi connectivity index (χ1) is 23.9. The third-order valence-electron chi connectivity index (χ3n) is 7.40. The number of carbonyl (C=O) groups is 2. The number of phosphoric ester groups is 1. The number of phosphoric acid groups is 1. The van der Waals surface area contributed by atoms with Crippen molar-refractivity contribution >= 4 is 43.7 Å². The molecule has 260 valence electrons. The summed E-state index contributed by atoms with van der Waals surface area (Å²) in [6, 6.07) is 15.2. The number of esters is 1. The van der Waals surface area contributed by atoms with Crippen molar-refractivity contribution in [3.63, 3.8) is 0 Å². The van der Waals surface area contributed by atoms with Gasteiger partial charge in [-0.2, -0.15) is 5.10 Å². The number of ether oxygens (including phenoxy) is 3. The minimum atomic E-state index is -4.94. The first-order valence-corrected chi connectivity index (χ1v) is 16.8. The smallest absolute Gasteiger partial charge is 0.756 e. The third kappa shape index (κ3) is 10.2. The van der Waals surface area contributed by atoms with Crippen LogP contribution in [0.25, 0.3) is 11.3 Å². The van der Waals surface area contributed by atoms with Crippen molar-refractivity contribution < 1.29 is 81.0 Å². The van der Waals surface area contributed by atoms with E-state index < -0.39 is 56.5 Å². The Hall–Kier alpha value is -4.19. The molecule has 2 unspecified atom stereocenters. The van der Waals surface area contributed by atoms with Crippen molar-refractivity contribution in [1.82, 2.24) is 19.7 Å². The van der Waals surface area contributed by atoms with Gasteiger partial charge in [0, 0.05) is 22.6 Å². The van der Waals surface area contributed by atoms with Crippen LogP contribution in [0.5, 0.6) is 0 Å². The summed E-state index contributed by atoms with van der Waals surface area (Å²) >= 11 is 1.22. The van der Waals surface area contributed by atoms with Gasteiger partial charge >= 0.3 is 41.7 Å². The van der Waals surface area contributed by atoms with Crippen molar-refractivity contribution in [2.75, 3.05) is 6.79 Å². The number of thiazole rings is 1. The largest absolute Gasteiger partial charge is 1.00 e. The standard InChI is InChI=1S/C32H28F2N5O9PS.Na/c1-20(29-38-28(15-50-29)22-7-10-25(35-2)11-8-22)32(16-39-18-36-17-37-39,26-12-9-24(33)13-27(26)34)48-31(41)46-19-45-30(40)23-5-3-21(4-6-23)14-47-49(42,43)44;/h3-13,15,17-18,20H,2,14,16,19H2,1H3,(H2,42,43,44);/q;+1/p-1/t20-,32?;/m0./s1. The van der Waals surface area contributed by atoms with Crippen molar-refractivity contribution in [2.45, 2.75) is 31.6 Å². The summed E-state index contributed by atoms with van der Waals surface area (Å²) in [7, 11) is -4.94. The maximum atomic E-state index is 15.7. The summed E-state index contributed by atoms with van der Waals surface area (Å²) < 4.78 is 62.2. The molecule has 19 heteroatoms. The van der Waals surface area contributed by atoms with Gasteiger partial charge in [0.05, 0.1) is 36.0 Å². The number of aliphatic imine (C=N–C) groups is 1. The Bertz CT molecular complexity index is 2010. The van der Waals surface area contributed by atoms with Gasteiger partial charge in [-0.1, -0.05) is 31.2 Å². The number of carbonyl (C=O) groups excluding carboxylic acids is 2. The molecule has 1 N–H and O–H groups in total. The van der Waals surface area contributed by atoms with Crippen LogP contribution < -0.4 is 34.5 Å². The predicted octanol–water partition coefficient (Wildman–Crippen LogP) is 2.66. The van der Waals surface area contributed by atoms with Crippen LogP contribution in [0.1, 0.15) is 39.3 Å². The molecule has 0 aliphatic heterocycles. The molecular formula is C32H27F2N5NaO9PS. The number of halogens is 2. The van der Waals surface area contributed by atoms with E-state index in [0.717, 1.165) is 17.7 Å². The molecular weight excluding hydrogens is 722 g/mol. The molecule has 5 aromatic rings. The Balaban J connectivity index is 0.00000583. The second-order valence-corrected chi connectivity index (χ2v) is 12.7. The number of hydrogen-bond donors (Lipinski definition) is 1. The van der Waals surface area contributed by atoms with E-state index in [2.05, 4.69) is 26.3 Å². The SMILES string of the molecule is C=Nc1ccc(-c2csc([C@H](C)C(Cn3cncn3)(OC(=O)OCOC(=O)c3ccc(COP(=O)([O-])O)cc3)c3ccc(F)cc3F)n2)cc1.[Na+]. The second kappa shape index (κ2) is 17.4. The predicted molar refractivity (Wildman–Crippen MR) is 172 cm³/mol. The first kappa shape index (κ1) is 39.6. The van der Waals surface area contributed by atoms with Crippen LogP contribution in [-0.2, 0) is 42.1 Å². The Labute approximate surface area is 315 Å². The number of aromatic nitrogens is 4. The molecule has 5 rings (SSSR count). The van der Waals surface area contributed by atoms with Gasteiger partial charge in [-0.25, -0.2) is 33.0 Å². The molecule has 0 spiro atoms. The molecule has 0 amide bonds. The quantitative estimate of drug-likeness (QED) is 0.0576. The second-order valence-electron chi connectivity index (χ2n) is 10.6. The fraction of sp³-hybridized carbons (Fsp3) is 0.188. The molecule has 51 heavy (non-hydrogen) atoms. The topological polar surface area (TPSA) is 187 Å². The van der Waals surface area contributed by atoms with Crippen LogP contribution in [0.15, 0.2) is 89.8 Å². The van der Waals surface area contributed by atoms with Gasteiger partial charge in [-0.05, 0) is 48.7 Å². The molecule has 0 aliphatic rings. The van der Waals surface area contributed by atoms with E-state index in [9.17, 15) is 23.4 Å². The molecule has 3 aromatic carbocycles. The Morgan fingerprint density at radius 1 is 1.12 bits per heavy atom. The summed E-state index contributed by atoms with van der Waals surface area (Å²) in [6.45, 7) is 3.46. The van der Waals surface area contributed by atoms with E-state index in [4.69, 9.17) is 24.1 Å². The van der Waals surface area contributed by atoms with Gasteiger partial charge in [0.1, 0.15) is 29.3 Å². The van der Waals surface area contributed by atoms with E-state index in [1.165, 1.54) is 52.9 Å². The van der Waals surface area contributed by atoms with Crippen molar-refractivity contribution in [3.05, 3.63) is 118 Å². The van der Waals surface area contributed by atoms with Gasteiger partial charge in [0.25, 0.3) is 7.82 Å². The summed E-state index contributed by atoms with van der Waals surface area (Å²) in [5.41, 5.74) is 0.161. The fourth-order valence-corrected chi connectivity index (χ4v) is 6.14. The molecule has 0 fully saturated rings. The van der Waals surface area contributed by atoms with Crippen LogP contribution in [0, 0.1) is 11.6 Å². The van der Waals surface area contributed by atoms with E-state index in [-0.39, 0.29) is 47.2 Å². The van der Waals surface area contributed by atoms with Gasteiger partial charge in [0.15, 0.2) is 5.60 Å². The first-order valence-electron chi connectivity index (χ1n) is 14.5. The number of rotatable bonds is 14. The molecule has 2 heterocycles. The van der Waals surface area contributed by atoms with Crippen LogP contribution >= 0.6 is 19.2 Å². The maximum Gasteiger partial charge on any atom is 1.00 e. The molecule has 0 bridgehead atoms. The minimum Gasteiger partial charge on any atom is -0.756 e. The van der Waals surface area contributed by atoms with Gasteiger partial charge < -0.3 is 28.5 Å². The third-order valence-corrected chi connectivity index (χ3v) is 8.89. The van der Waals surface area contributed by atoms with Crippen LogP contribution in [0.4, 0.5) is 19.3 Å². The number of nitrogens with zero attached hydrogens (tertiary/aromatic N) is 5. The molecule has 0 saturated carbocycles. The Morgan fingerprint density at radius 3 is 2.47 bits per heavy atom. The van der Waals surface area contributed by atoms with E-state index >= 15 is 4.39 Å². The van der Waals surface area contributed by atoms with Crippen LogP contribution in [0.2, 0.25) is 0 Å². The maximum absolute atomic E-state index is 15.7. The zero-order chi connectivity index (χ0) is 35.9. The van der Waals surface area contributed by atoms with E-state index in [1.807, 2.05) is 0 Å².